The summed E-state index contributed by atoms with van der Waals surface area (Å²) in [5.74, 6) is -1.02. The van der Waals surface area contributed by atoms with Crippen molar-refractivity contribution in [1.82, 2.24) is 9.88 Å². The molecule has 0 aliphatic carbocycles. The highest BCUT2D eigenvalue weighted by atomic mass is 19.1. The van der Waals surface area contributed by atoms with Crippen molar-refractivity contribution < 1.29 is 18.7 Å². The van der Waals surface area contributed by atoms with Gasteiger partial charge in [0.25, 0.3) is 5.91 Å². The molecule has 3 aliphatic heterocycles. The van der Waals surface area contributed by atoms with Gasteiger partial charge in [0, 0.05) is 18.0 Å². The number of carbonyl (C=O) groups is 2. The van der Waals surface area contributed by atoms with Crippen molar-refractivity contribution >= 4 is 22.8 Å². The highest BCUT2D eigenvalue weighted by molar-refractivity contribution is 5.99. The zero-order valence-corrected chi connectivity index (χ0v) is 17.5. The third-order valence-electron chi connectivity index (χ3n) is 6.87. The first-order valence-electron chi connectivity index (χ1n) is 10.7. The molecule has 5 nitrogen and oxygen atoms in total. The summed E-state index contributed by atoms with van der Waals surface area (Å²) in [6.45, 7) is 6.29. The number of hydrogen-bond donors (Lipinski definition) is 0. The van der Waals surface area contributed by atoms with E-state index in [2.05, 4.69) is 6.92 Å². The molecule has 0 bridgehead atoms. The molecule has 0 saturated heterocycles. The fourth-order valence-corrected chi connectivity index (χ4v) is 5.10. The number of pyridine rings is 1. The predicted octanol–water partition coefficient (Wildman–Crippen LogP) is 4.30. The number of aryl methyl sites for hydroxylation is 2. The molecule has 6 heteroatoms. The van der Waals surface area contributed by atoms with Gasteiger partial charge in [0.2, 0.25) is 0 Å². The Morgan fingerprint density at radius 3 is 2.87 bits per heavy atom. The zero-order valence-electron chi connectivity index (χ0n) is 17.5. The molecule has 3 aliphatic rings. The first-order chi connectivity index (χ1) is 14.4. The zero-order chi connectivity index (χ0) is 21.2. The van der Waals surface area contributed by atoms with Crippen molar-refractivity contribution in [3.8, 4) is 0 Å². The Hall–Kier alpha value is -2.76. The Kier molecular flexibility index (Phi) is 4.42. The number of halogens is 1. The lowest BCUT2D eigenvalue weighted by Crippen LogP contribution is -2.41. The summed E-state index contributed by atoms with van der Waals surface area (Å²) in [7, 11) is 0. The highest BCUT2D eigenvalue weighted by Crippen LogP contribution is 2.47. The quantitative estimate of drug-likeness (QED) is 0.711. The molecule has 1 amide bonds. The van der Waals surface area contributed by atoms with E-state index in [4.69, 9.17) is 9.72 Å². The van der Waals surface area contributed by atoms with E-state index in [-0.39, 0.29) is 30.3 Å². The minimum Gasteiger partial charge on any atom is -0.460 e. The van der Waals surface area contributed by atoms with E-state index >= 15 is 0 Å². The second kappa shape index (κ2) is 6.89. The number of ether oxygens (including phenoxy) is 1. The van der Waals surface area contributed by atoms with Gasteiger partial charge in [-0.25, -0.2) is 4.39 Å². The number of benzene rings is 1. The van der Waals surface area contributed by atoms with Crippen LogP contribution < -0.4 is 0 Å². The number of cyclic esters (lactones) is 1. The van der Waals surface area contributed by atoms with Crippen LogP contribution in [-0.2, 0) is 27.3 Å². The molecule has 5 rings (SSSR count). The lowest BCUT2D eigenvalue weighted by Gasteiger charge is -2.36. The summed E-state index contributed by atoms with van der Waals surface area (Å²) in [5, 5.41) is 0.984. The first-order valence-corrected chi connectivity index (χ1v) is 10.7. The second-order valence-electron chi connectivity index (χ2n) is 8.66. The number of hydrogen-bond acceptors (Lipinski definition) is 4. The Morgan fingerprint density at radius 1 is 1.30 bits per heavy atom. The van der Waals surface area contributed by atoms with E-state index in [1.807, 2.05) is 11.0 Å². The minimum atomic E-state index is -0.413. The van der Waals surface area contributed by atoms with Gasteiger partial charge in [-0.2, -0.15) is 0 Å². The van der Waals surface area contributed by atoms with E-state index < -0.39 is 5.92 Å². The summed E-state index contributed by atoms with van der Waals surface area (Å²) in [6.07, 6.45) is 3.54. The van der Waals surface area contributed by atoms with Gasteiger partial charge in [-0.15, -0.1) is 0 Å². The lowest BCUT2D eigenvalue weighted by molar-refractivity contribution is -0.149. The average Bonchev–Trinajstić information content (AvgIpc) is 3.08. The molecule has 0 radical (unpaired) electrons. The van der Waals surface area contributed by atoms with Crippen molar-refractivity contribution in [2.75, 3.05) is 6.61 Å². The van der Waals surface area contributed by atoms with Crippen LogP contribution in [-0.4, -0.2) is 28.4 Å². The van der Waals surface area contributed by atoms with Crippen LogP contribution in [0.2, 0.25) is 0 Å². The maximum Gasteiger partial charge on any atom is 0.313 e. The topological polar surface area (TPSA) is 59.5 Å². The second-order valence-corrected chi connectivity index (χ2v) is 8.66. The molecule has 1 aromatic heterocycles. The number of amides is 1. The van der Waals surface area contributed by atoms with Crippen LogP contribution in [0.25, 0.3) is 10.9 Å². The standard InChI is InChI=1S/C24H25FN2O3/c1-4-5-6-14-16-7-12(2)19(25)9-20(16)26-22-17(14)10-27-21(22)8-15-13(3)24(29)30-11-18(15)23(27)28/h7,9,13,21H,4-6,8,10-11H2,1-3H3. The largest absolute Gasteiger partial charge is 0.460 e. The van der Waals surface area contributed by atoms with Gasteiger partial charge in [0.05, 0.1) is 28.7 Å². The summed E-state index contributed by atoms with van der Waals surface area (Å²) in [6, 6.07) is 3.20. The predicted molar refractivity (Wildman–Crippen MR) is 110 cm³/mol. The van der Waals surface area contributed by atoms with E-state index in [9.17, 15) is 14.0 Å². The van der Waals surface area contributed by atoms with Crippen molar-refractivity contribution in [3.05, 3.63) is 51.5 Å². The number of unbranched alkanes of at least 4 members (excludes halogenated alkanes) is 1. The van der Waals surface area contributed by atoms with Gasteiger partial charge in [-0.1, -0.05) is 13.3 Å². The number of nitrogens with zero attached hydrogens (tertiary/aromatic N) is 2. The van der Waals surface area contributed by atoms with Gasteiger partial charge in [0.1, 0.15) is 12.4 Å². The Balaban J connectivity index is 1.67. The summed E-state index contributed by atoms with van der Waals surface area (Å²) >= 11 is 0. The van der Waals surface area contributed by atoms with Crippen LogP contribution in [0.5, 0.6) is 0 Å². The molecule has 0 spiro atoms. The molecular weight excluding hydrogens is 383 g/mol. The van der Waals surface area contributed by atoms with Crippen LogP contribution >= 0.6 is 0 Å². The fourth-order valence-electron chi connectivity index (χ4n) is 5.10. The lowest BCUT2D eigenvalue weighted by atomic mass is 9.84. The fraction of sp³-hybridized carbons (Fsp3) is 0.458. The van der Waals surface area contributed by atoms with E-state index in [0.29, 0.717) is 29.6 Å². The van der Waals surface area contributed by atoms with E-state index in [1.165, 1.54) is 11.6 Å². The number of rotatable bonds is 3. The SMILES string of the molecule is CCCCc1c2c(nc3cc(F)c(C)cc13)C1CC3=C(COC(=O)C3C)C(=O)N1C2. The number of aromatic nitrogens is 1. The average molecular weight is 408 g/mol. The van der Waals surface area contributed by atoms with Crippen molar-refractivity contribution in [2.24, 2.45) is 5.92 Å². The van der Waals surface area contributed by atoms with Crippen LogP contribution in [0.4, 0.5) is 4.39 Å². The van der Waals surface area contributed by atoms with Crippen molar-refractivity contribution in [1.29, 1.82) is 0 Å². The van der Waals surface area contributed by atoms with Gasteiger partial charge in [-0.3, -0.25) is 14.6 Å². The molecule has 0 saturated carbocycles. The molecule has 0 N–H and O–H groups in total. The molecule has 2 atom stereocenters. The summed E-state index contributed by atoms with van der Waals surface area (Å²) in [5.41, 5.74) is 5.89. The van der Waals surface area contributed by atoms with Gasteiger partial charge >= 0.3 is 5.97 Å². The molecule has 4 heterocycles. The van der Waals surface area contributed by atoms with Gasteiger partial charge in [0.15, 0.2) is 0 Å². The third kappa shape index (κ3) is 2.69. The monoisotopic (exact) mass is 408 g/mol. The number of esters is 1. The van der Waals surface area contributed by atoms with E-state index in [1.54, 1.807) is 13.8 Å². The van der Waals surface area contributed by atoms with E-state index in [0.717, 1.165) is 41.5 Å². The Morgan fingerprint density at radius 2 is 2.10 bits per heavy atom. The normalized spacial score (nSPS) is 22.9. The molecule has 2 unspecified atom stereocenters. The van der Waals surface area contributed by atoms with Gasteiger partial charge < -0.3 is 9.64 Å². The molecule has 2 aromatic rings. The van der Waals surface area contributed by atoms with Crippen molar-refractivity contribution in [3.63, 3.8) is 0 Å². The van der Waals surface area contributed by atoms with Gasteiger partial charge in [-0.05, 0) is 61.4 Å². The molecule has 0 fully saturated rings. The van der Waals surface area contributed by atoms with Crippen molar-refractivity contribution in [2.45, 2.75) is 59.0 Å². The Bertz CT molecular complexity index is 1140. The van der Waals surface area contributed by atoms with Crippen LogP contribution in [0.3, 0.4) is 0 Å². The first kappa shape index (κ1) is 19.2. The van der Waals surface area contributed by atoms with Crippen LogP contribution in [0.15, 0.2) is 23.3 Å². The van der Waals surface area contributed by atoms with Crippen LogP contribution in [0, 0.1) is 18.7 Å². The minimum absolute atomic E-state index is 0.0550. The van der Waals surface area contributed by atoms with Crippen LogP contribution in [0.1, 0.15) is 61.5 Å². The Labute approximate surface area is 174 Å². The smallest absolute Gasteiger partial charge is 0.313 e. The molecule has 1 aromatic carbocycles. The molecular formula is C24H25FN2O3. The summed E-state index contributed by atoms with van der Waals surface area (Å²) < 4.78 is 19.6. The molecule has 156 valence electrons. The number of carbonyl (C=O) groups excluding carboxylic acids is 2. The molecule has 30 heavy (non-hydrogen) atoms. The third-order valence-corrected chi connectivity index (χ3v) is 6.87. The maximum atomic E-state index is 14.3. The highest BCUT2D eigenvalue weighted by Gasteiger charge is 2.46. The number of fused-ring (bicyclic) bond motifs is 4. The maximum absolute atomic E-state index is 14.3. The summed E-state index contributed by atoms with van der Waals surface area (Å²) in [4.78, 5) is 32.1.